The number of H-pyrrole nitrogens is 1. The van der Waals surface area contributed by atoms with Crippen molar-refractivity contribution in [2.24, 2.45) is 5.73 Å². The lowest BCUT2D eigenvalue weighted by atomic mass is 10.1. The molecule has 21 heavy (non-hydrogen) atoms. The first kappa shape index (κ1) is 13.8. The van der Waals surface area contributed by atoms with Gasteiger partial charge in [0.15, 0.2) is 0 Å². The summed E-state index contributed by atoms with van der Waals surface area (Å²) in [6.07, 6.45) is 4.14. The molecule has 0 aliphatic heterocycles. The number of nitrogens with one attached hydrogen (secondary N) is 2. The number of para-hydroxylation sites is 1. The van der Waals surface area contributed by atoms with E-state index in [1.807, 2.05) is 35.8 Å². The van der Waals surface area contributed by atoms with E-state index in [1.165, 1.54) is 11.3 Å². The van der Waals surface area contributed by atoms with Gasteiger partial charge in [0.05, 0.1) is 12.6 Å². The second-order valence-electron chi connectivity index (χ2n) is 4.81. The highest BCUT2D eigenvalue weighted by molar-refractivity contribution is 7.09. The second-order valence-corrected chi connectivity index (χ2v) is 5.79. The van der Waals surface area contributed by atoms with E-state index in [-0.39, 0.29) is 5.91 Å². The first-order chi connectivity index (χ1) is 10.2. The molecule has 0 unspecified atom stereocenters. The molecule has 5 nitrogen and oxygen atoms in total. The van der Waals surface area contributed by atoms with Crippen LogP contribution in [0, 0.1) is 0 Å². The zero-order valence-electron chi connectivity index (χ0n) is 11.4. The fraction of sp³-hybridized carbons (Fsp3) is 0.200. The van der Waals surface area contributed by atoms with Crippen LogP contribution in [0.2, 0.25) is 0 Å². The van der Waals surface area contributed by atoms with Crippen LogP contribution in [0.25, 0.3) is 10.9 Å². The van der Waals surface area contributed by atoms with E-state index in [0.717, 1.165) is 21.5 Å². The molecule has 2 heterocycles. The van der Waals surface area contributed by atoms with Gasteiger partial charge in [-0.2, -0.15) is 0 Å². The normalized spacial score (nSPS) is 12.4. The van der Waals surface area contributed by atoms with Gasteiger partial charge >= 0.3 is 0 Å². The molecule has 0 aliphatic rings. The van der Waals surface area contributed by atoms with E-state index in [4.69, 9.17) is 5.73 Å². The molecule has 0 fully saturated rings. The molecule has 0 saturated heterocycles. The number of carbonyl (C=O) groups excluding carboxylic acids is 1. The Hall–Kier alpha value is -2.18. The lowest BCUT2D eigenvalue weighted by molar-refractivity contribution is -0.122. The van der Waals surface area contributed by atoms with Crippen LogP contribution < -0.4 is 11.1 Å². The van der Waals surface area contributed by atoms with E-state index in [1.54, 1.807) is 6.20 Å². The molecule has 1 atom stereocenters. The van der Waals surface area contributed by atoms with Crippen LogP contribution in [0.15, 0.2) is 42.0 Å². The number of hydrogen-bond donors (Lipinski definition) is 3. The van der Waals surface area contributed by atoms with E-state index in [2.05, 4.69) is 15.3 Å². The van der Waals surface area contributed by atoms with Crippen molar-refractivity contribution >= 4 is 28.1 Å². The van der Waals surface area contributed by atoms with Gasteiger partial charge in [0.2, 0.25) is 5.91 Å². The summed E-state index contributed by atoms with van der Waals surface area (Å²) in [6.45, 7) is 0.429. The van der Waals surface area contributed by atoms with Crippen molar-refractivity contribution in [2.45, 2.75) is 19.0 Å². The minimum Gasteiger partial charge on any atom is -0.361 e. The first-order valence-electron chi connectivity index (χ1n) is 6.70. The molecule has 3 rings (SSSR count). The van der Waals surface area contributed by atoms with Crippen molar-refractivity contribution in [1.82, 2.24) is 15.3 Å². The van der Waals surface area contributed by atoms with Crippen molar-refractivity contribution in [1.29, 1.82) is 0 Å². The van der Waals surface area contributed by atoms with Crippen molar-refractivity contribution in [3.63, 3.8) is 0 Å². The molecule has 1 aromatic carbocycles. The Balaban J connectivity index is 1.62. The minimum absolute atomic E-state index is 0.157. The maximum absolute atomic E-state index is 12.0. The molecular formula is C15H16N4OS. The highest BCUT2D eigenvalue weighted by atomic mass is 32.1. The zero-order chi connectivity index (χ0) is 14.7. The smallest absolute Gasteiger partial charge is 0.237 e. The average molecular weight is 300 g/mol. The predicted octanol–water partition coefficient (Wildman–Crippen LogP) is 1.81. The molecule has 3 aromatic rings. The first-order valence-corrected chi connectivity index (χ1v) is 7.58. The standard InChI is InChI=1S/C15H16N4OS/c16-12(15(20)19-9-14-17-5-6-21-14)7-10-8-18-13-4-2-1-3-11(10)13/h1-6,8,12,18H,7,9,16H2,(H,19,20)/t12-/m0/s1. The molecule has 0 aliphatic carbocycles. The maximum Gasteiger partial charge on any atom is 0.237 e. The van der Waals surface area contributed by atoms with Gasteiger partial charge in [0.25, 0.3) is 0 Å². The van der Waals surface area contributed by atoms with Gasteiger partial charge in [-0.25, -0.2) is 4.98 Å². The lowest BCUT2D eigenvalue weighted by Gasteiger charge is -2.11. The van der Waals surface area contributed by atoms with Crippen molar-refractivity contribution in [3.05, 3.63) is 52.6 Å². The largest absolute Gasteiger partial charge is 0.361 e. The molecule has 6 heteroatoms. The molecule has 2 aromatic heterocycles. The number of thiazole rings is 1. The zero-order valence-corrected chi connectivity index (χ0v) is 12.2. The predicted molar refractivity (Wildman–Crippen MR) is 83.9 cm³/mol. The highest BCUT2D eigenvalue weighted by Gasteiger charge is 2.16. The van der Waals surface area contributed by atoms with E-state index >= 15 is 0 Å². The summed E-state index contributed by atoms with van der Waals surface area (Å²) < 4.78 is 0. The Morgan fingerprint density at radius 3 is 3.10 bits per heavy atom. The fourth-order valence-electron chi connectivity index (χ4n) is 2.26. The van der Waals surface area contributed by atoms with Gasteiger partial charge in [-0.05, 0) is 18.1 Å². The van der Waals surface area contributed by atoms with Crippen LogP contribution in [-0.2, 0) is 17.8 Å². The molecule has 0 saturated carbocycles. The summed E-state index contributed by atoms with van der Waals surface area (Å²) in [6, 6.07) is 7.43. The molecular weight excluding hydrogens is 284 g/mol. The summed E-state index contributed by atoms with van der Waals surface area (Å²) in [5.41, 5.74) is 8.11. The topological polar surface area (TPSA) is 83.8 Å². The fourth-order valence-corrected chi connectivity index (χ4v) is 2.82. The number of hydrogen-bond acceptors (Lipinski definition) is 4. The number of rotatable bonds is 5. The summed E-state index contributed by atoms with van der Waals surface area (Å²) >= 11 is 1.51. The van der Waals surface area contributed by atoms with Gasteiger partial charge < -0.3 is 16.0 Å². The number of nitrogens with two attached hydrogens (primary N) is 1. The Labute approximate surface area is 126 Å². The minimum atomic E-state index is -0.566. The van der Waals surface area contributed by atoms with Crippen molar-refractivity contribution in [2.75, 3.05) is 0 Å². The number of carbonyl (C=O) groups is 1. The Morgan fingerprint density at radius 2 is 2.29 bits per heavy atom. The third-order valence-electron chi connectivity index (χ3n) is 3.35. The van der Waals surface area contributed by atoms with Crippen LogP contribution >= 0.6 is 11.3 Å². The second kappa shape index (κ2) is 6.07. The average Bonchev–Trinajstić information content (AvgIpc) is 3.15. The van der Waals surface area contributed by atoms with E-state index in [9.17, 15) is 4.79 Å². The maximum atomic E-state index is 12.0. The molecule has 0 spiro atoms. The molecule has 0 radical (unpaired) electrons. The quantitative estimate of drug-likeness (QED) is 0.672. The molecule has 0 bridgehead atoms. The highest BCUT2D eigenvalue weighted by Crippen LogP contribution is 2.18. The SMILES string of the molecule is N[C@@H](Cc1c[nH]c2ccccc12)C(=O)NCc1nccs1. The summed E-state index contributed by atoms with van der Waals surface area (Å²) in [4.78, 5) is 19.3. The Morgan fingerprint density at radius 1 is 1.43 bits per heavy atom. The summed E-state index contributed by atoms with van der Waals surface area (Å²) in [5.74, 6) is -0.157. The van der Waals surface area contributed by atoms with Crippen molar-refractivity contribution < 1.29 is 4.79 Å². The third-order valence-corrected chi connectivity index (χ3v) is 4.13. The van der Waals surface area contributed by atoms with E-state index in [0.29, 0.717) is 13.0 Å². The van der Waals surface area contributed by atoms with Crippen LogP contribution in [0.1, 0.15) is 10.6 Å². The summed E-state index contributed by atoms with van der Waals surface area (Å²) in [7, 11) is 0. The van der Waals surface area contributed by atoms with Gasteiger partial charge in [-0.3, -0.25) is 4.79 Å². The Bertz CT molecular complexity index is 735. The third kappa shape index (κ3) is 3.12. The number of fused-ring (bicyclic) bond motifs is 1. The van der Waals surface area contributed by atoms with Crippen LogP contribution in [-0.4, -0.2) is 21.9 Å². The number of nitrogens with zero attached hydrogens (tertiary/aromatic N) is 1. The molecule has 4 N–H and O–H groups in total. The number of aromatic nitrogens is 2. The summed E-state index contributed by atoms with van der Waals surface area (Å²) in [5, 5.41) is 6.69. The number of benzene rings is 1. The van der Waals surface area contributed by atoms with Crippen LogP contribution in [0.4, 0.5) is 0 Å². The number of aromatic amines is 1. The molecule has 108 valence electrons. The molecule has 1 amide bonds. The van der Waals surface area contributed by atoms with Gasteiger partial charge in [-0.1, -0.05) is 18.2 Å². The van der Waals surface area contributed by atoms with Crippen LogP contribution in [0.3, 0.4) is 0 Å². The van der Waals surface area contributed by atoms with Crippen molar-refractivity contribution in [3.8, 4) is 0 Å². The van der Waals surface area contributed by atoms with Gasteiger partial charge in [-0.15, -0.1) is 11.3 Å². The number of amides is 1. The van der Waals surface area contributed by atoms with E-state index < -0.39 is 6.04 Å². The van der Waals surface area contributed by atoms with Crippen LogP contribution in [0.5, 0.6) is 0 Å². The van der Waals surface area contributed by atoms with Gasteiger partial charge in [0.1, 0.15) is 5.01 Å². The van der Waals surface area contributed by atoms with Gasteiger partial charge in [0, 0.05) is 28.7 Å². The Kier molecular flexibility index (Phi) is 3.98. The lowest BCUT2D eigenvalue weighted by Crippen LogP contribution is -2.41. The monoisotopic (exact) mass is 300 g/mol.